The molecule has 0 bridgehead atoms. The highest BCUT2D eigenvalue weighted by Crippen LogP contribution is 2.27. The Bertz CT molecular complexity index is 709. The molecule has 23 heavy (non-hydrogen) atoms. The van der Waals surface area contributed by atoms with E-state index in [1.165, 1.54) is 26.4 Å². The van der Waals surface area contributed by atoms with Gasteiger partial charge in [-0.1, -0.05) is 0 Å². The molecule has 0 spiro atoms. The van der Waals surface area contributed by atoms with Crippen LogP contribution in [0, 0.1) is 5.92 Å². The van der Waals surface area contributed by atoms with E-state index in [4.69, 9.17) is 9.47 Å². The lowest BCUT2D eigenvalue weighted by Gasteiger charge is -2.12. The van der Waals surface area contributed by atoms with Crippen LogP contribution in [0.3, 0.4) is 0 Å². The van der Waals surface area contributed by atoms with Gasteiger partial charge < -0.3 is 14.2 Å². The van der Waals surface area contributed by atoms with Crippen LogP contribution in [0.5, 0.6) is 11.5 Å². The van der Waals surface area contributed by atoms with Crippen molar-refractivity contribution in [2.45, 2.75) is 12.8 Å². The first kappa shape index (κ1) is 17.3. The summed E-state index contributed by atoms with van der Waals surface area (Å²) in [5.74, 6) is -0.907. The van der Waals surface area contributed by atoms with Gasteiger partial charge in [-0.2, -0.15) is 0 Å². The highest BCUT2D eigenvalue weighted by molar-refractivity contribution is 7.91. The number of carbonyl (C=O) groups is 2. The quantitative estimate of drug-likeness (QED) is 0.586. The van der Waals surface area contributed by atoms with Crippen LogP contribution in [-0.4, -0.2) is 46.1 Å². The SMILES string of the molecule is COC(=O)c1cc(OC)ccc1OC(=O)C[C@@H]1CCS(=O)(=O)C1. The maximum atomic E-state index is 12.0. The largest absolute Gasteiger partial charge is 0.497 e. The molecule has 0 unspecified atom stereocenters. The summed E-state index contributed by atoms with van der Waals surface area (Å²) in [6, 6.07) is 4.40. The smallest absolute Gasteiger partial charge is 0.341 e. The van der Waals surface area contributed by atoms with Crippen molar-refractivity contribution in [3.63, 3.8) is 0 Å². The lowest BCUT2D eigenvalue weighted by atomic mass is 10.1. The highest BCUT2D eigenvalue weighted by atomic mass is 32.2. The molecule has 8 heteroatoms. The van der Waals surface area contributed by atoms with Crippen molar-refractivity contribution in [3.8, 4) is 11.5 Å². The molecule has 126 valence electrons. The lowest BCUT2D eigenvalue weighted by Crippen LogP contribution is -2.17. The molecule has 1 heterocycles. The van der Waals surface area contributed by atoms with Crippen molar-refractivity contribution >= 4 is 21.8 Å². The molecular formula is C15H18O7S. The van der Waals surface area contributed by atoms with Crippen LogP contribution in [0.15, 0.2) is 18.2 Å². The van der Waals surface area contributed by atoms with Gasteiger partial charge in [-0.3, -0.25) is 4.79 Å². The van der Waals surface area contributed by atoms with E-state index in [-0.39, 0.29) is 35.2 Å². The van der Waals surface area contributed by atoms with Gasteiger partial charge >= 0.3 is 11.9 Å². The fourth-order valence-electron chi connectivity index (χ4n) is 2.43. The van der Waals surface area contributed by atoms with Crippen LogP contribution in [0.1, 0.15) is 23.2 Å². The van der Waals surface area contributed by atoms with E-state index in [1.54, 1.807) is 6.07 Å². The zero-order chi connectivity index (χ0) is 17.0. The number of hydrogen-bond donors (Lipinski definition) is 0. The summed E-state index contributed by atoms with van der Waals surface area (Å²) >= 11 is 0. The van der Waals surface area contributed by atoms with Gasteiger partial charge in [-0.25, -0.2) is 13.2 Å². The van der Waals surface area contributed by atoms with Gasteiger partial charge in [0.05, 0.1) is 25.7 Å². The Morgan fingerprint density at radius 3 is 2.57 bits per heavy atom. The third kappa shape index (κ3) is 4.44. The van der Waals surface area contributed by atoms with E-state index < -0.39 is 21.8 Å². The first-order valence-electron chi connectivity index (χ1n) is 7.02. The Kier molecular flexibility index (Phi) is 5.25. The van der Waals surface area contributed by atoms with E-state index in [1.807, 2.05) is 0 Å². The minimum atomic E-state index is -3.05. The minimum absolute atomic E-state index is 0.00539. The summed E-state index contributed by atoms with van der Waals surface area (Å²) in [6.07, 6.45) is 0.440. The number of methoxy groups -OCH3 is 2. The highest BCUT2D eigenvalue weighted by Gasteiger charge is 2.30. The number of ether oxygens (including phenoxy) is 3. The minimum Gasteiger partial charge on any atom is -0.497 e. The maximum absolute atomic E-state index is 12.0. The molecule has 2 rings (SSSR count). The van der Waals surface area contributed by atoms with E-state index in [2.05, 4.69) is 4.74 Å². The molecule has 0 radical (unpaired) electrons. The number of carbonyl (C=O) groups excluding carboxylic acids is 2. The van der Waals surface area contributed by atoms with Crippen molar-refractivity contribution < 1.29 is 32.2 Å². The van der Waals surface area contributed by atoms with E-state index in [0.717, 1.165) is 0 Å². The Labute approximate surface area is 134 Å². The standard InChI is InChI=1S/C15H18O7S/c1-20-11-3-4-13(12(8-11)15(17)21-2)22-14(16)7-10-5-6-23(18,19)9-10/h3-4,8,10H,5-7,9H2,1-2H3/t10-/m0/s1. The van der Waals surface area contributed by atoms with Crippen molar-refractivity contribution in [2.75, 3.05) is 25.7 Å². The second-order valence-electron chi connectivity index (χ2n) is 5.30. The third-order valence-electron chi connectivity index (χ3n) is 3.60. The number of benzene rings is 1. The summed E-state index contributed by atoms with van der Waals surface area (Å²) in [5, 5.41) is 0. The van der Waals surface area contributed by atoms with Crippen LogP contribution >= 0.6 is 0 Å². The molecule has 7 nitrogen and oxygen atoms in total. The zero-order valence-corrected chi connectivity index (χ0v) is 13.7. The van der Waals surface area contributed by atoms with Crippen molar-refractivity contribution in [3.05, 3.63) is 23.8 Å². The molecular weight excluding hydrogens is 324 g/mol. The van der Waals surface area contributed by atoms with Gasteiger partial charge in [0.25, 0.3) is 0 Å². The first-order valence-corrected chi connectivity index (χ1v) is 8.84. The molecule has 1 aliphatic rings. The Morgan fingerprint density at radius 2 is 2.00 bits per heavy atom. The van der Waals surface area contributed by atoms with Gasteiger partial charge in [0.2, 0.25) is 0 Å². The van der Waals surface area contributed by atoms with Crippen LogP contribution in [-0.2, 0) is 19.4 Å². The maximum Gasteiger partial charge on any atom is 0.341 e. The molecule has 1 aliphatic heterocycles. The fraction of sp³-hybridized carbons (Fsp3) is 0.467. The summed E-state index contributed by atoms with van der Waals surface area (Å²) in [7, 11) is -0.381. The molecule has 1 atom stereocenters. The van der Waals surface area contributed by atoms with Crippen LogP contribution in [0.25, 0.3) is 0 Å². The molecule has 1 fully saturated rings. The third-order valence-corrected chi connectivity index (χ3v) is 5.43. The molecule has 0 amide bonds. The van der Waals surface area contributed by atoms with Crippen molar-refractivity contribution in [1.29, 1.82) is 0 Å². The monoisotopic (exact) mass is 342 g/mol. The number of esters is 2. The predicted octanol–water partition coefficient (Wildman–Crippen LogP) is 1.21. The average Bonchev–Trinajstić information content (AvgIpc) is 2.85. The van der Waals surface area contributed by atoms with Gasteiger partial charge in [-0.05, 0) is 30.5 Å². The summed E-state index contributed by atoms with van der Waals surface area (Å²) < 4.78 is 37.7. The van der Waals surface area contributed by atoms with Crippen LogP contribution in [0.2, 0.25) is 0 Å². The summed E-state index contributed by atoms with van der Waals surface area (Å²) in [5.41, 5.74) is 0.0687. The number of sulfone groups is 1. The van der Waals surface area contributed by atoms with Gasteiger partial charge in [0.1, 0.15) is 17.1 Å². The molecule has 1 aromatic carbocycles. The zero-order valence-electron chi connectivity index (χ0n) is 12.9. The molecule has 0 N–H and O–H groups in total. The van der Waals surface area contributed by atoms with Gasteiger partial charge in [-0.15, -0.1) is 0 Å². The van der Waals surface area contributed by atoms with Gasteiger partial charge in [0, 0.05) is 6.42 Å². The number of rotatable bonds is 5. The second kappa shape index (κ2) is 6.99. The molecule has 1 aromatic rings. The number of hydrogen-bond acceptors (Lipinski definition) is 7. The van der Waals surface area contributed by atoms with E-state index >= 15 is 0 Å². The fourth-order valence-corrected chi connectivity index (χ4v) is 4.29. The topological polar surface area (TPSA) is 96.0 Å². The summed E-state index contributed by atoms with van der Waals surface area (Å²) in [4.78, 5) is 23.8. The Hall–Kier alpha value is -2.09. The average molecular weight is 342 g/mol. The molecule has 1 saturated heterocycles. The molecule has 0 aromatic heterocycles. The Morgan fingerprint density at radius 1 is 1.26 bits per heavy atom. The summed E-state index contributed by atoms with van der Waals surface area (Å²) in [6.45, 7) is 0. The van der Waals surface area contributed by atoms with Gasteiger partial charge in [0.15, 0.2) is 9.84 Å². The second-order valence-corrected chi connectivity index (χ2v) is 7.53. The van der Waals surface area contributed by atoms with Crippen molar-refractivity contribution in [1.82, 2.24) is 0 Å². The van der Waals surface area contributed by atoms with Crippen molar-refractivity contribution in [2.24, 2.45) is 5.92 Å². The van der Waals surface area contributed by atoms with Crippen LogP contribution < -0.4 is 9.47 Å². The van der Waals surface area contributed by atoms with E-state index in [9.17, 15) is 18.0 Å². The van der Waals surface area contributed by atoms with Crippen LogP contribution in [0.4, 0.5) is 0 Å². The molecule has 0 aliphatic carbocycles. The molecule has 0 saturated carbocycles. The predicted molar refractivity (Wildman–Crippen MR) is 81.3 cm³/mol. The lowest BCUT2D eigenvalue weighted by molar-refractivity contribution is -0.135. The first-order chi connectivity index (χ1) is 10.8. The van der Waals surface area contributed by atoms with E-state index in [0.29, 0.717) is 12.2 Å². The normalized spacial score (nSPS) is 19.1. The Balaban J connectivity index is 2.10.